The molecule has 38 heteroatoms. The molecule has 0 aromatic rings. The van der Waals surface area contributed by atoms with E-state index in [1.807, 2.05) is 141 Å². The maximum atomic E-state index is 12.5. The highest BCUT2D eigenvalue weighted by Crippen LogP contribution is 2.43. The van der Waals surface area contributed by atoms with Crippen LogP contribution in [0.3, 0.4) is 0 Å². The van der Waals surface area contributed by atoms with Crippen LogP contribution in [0.1, 0.15) is 196 Å². The monoisotopic (exact) mass is 2120 g/mol. The molecule has 0 radical (unpaired) electrons. The van der Waals surface area contributed by atoms with E-state index in [4.69, 9.17) is 47.4 Å². The number of aliphatic hydroxyl groups is 19. The number of aliphatic hydroxyl groups excluding tert-OH is 16. The Kier molecular flexibility index (Phi) is 60.6. The van der Waals surface area contributed by atoms with Gasteiger partial charge in [-0.2, -0.15) is 0 Å². The Hall–Kier alpha value is -8.90. The SMILES string of the molecule is CO[C@H]1/C=C/C=C/C=C/C=C/C=C/C=C/C=C/[C@H](C)[C@@H](O)[C@@H](C)[C@H](C)OC(=O)C[C@H](O)C[C@H](O)CC[C@@H](O)[C@H](O)C[C@H](O)C[C@]2(O)C[C@H](O)[C@@H](C(=O)O)[C@H](C1)O2.CO[C@H]1/C=C/C=C/C=C/C=C/CC/C=C/C=C/[C@H](C)[C@@H](O)[C@@H](C)[C@H](C)OC(=O)C[C@H](O)C[C@H](O)C[C@H](O)CC[C@@H](O)[C@H](O)C[C@]2(O)C[C@H](O)[C@@H](C(=O)O)[C@H](C1)O2.CO[C@H]1/C=C/C=C/C=C/C=C/C[C@@H](C)OC(=O)/C=C/[C@H]2O[C@@H]2C[C@H](O)C[C@]2(O)C[C@H](O)[C@@H](C(=O)O)[C@H](C1)O2. The fraction of sp³-hybridized carbons (Fsp3) is 0.625. The van der Waals surface area contributed by atoms with Crippen LogP contribution in [0.5, 0.6) is 0 Å². The van der Waals surface area contributed by atoms with Crippen LogP contribution in [0.15, 0.2) is 219 Å². The van der Waals surface area contributed by atoms with Gasteiger partial charge in [-0.15, -0.1) is 0 Å². The first-order chi connectivity index (χ1) is 71.0. The van der Waals surface area contributed by atoms with Crippen molar-refractivity contribution in [3.8, 4) is 0 Å². The molecule has 0 aromatic carbocycles. The number of carbonyl (C=O) groups is 6. The fourth-order valence-electron chi connectivity index (χ4n) is 18.2. The van der Waals surface area contributed by atoms with Gasteiger partial charge in [0.05, 0.1) is 153 Å². The van der Waals surface area contributed by atoms with Crippen molar-refractivity contribution in [2.45, 2.75) is 378 Å². The minimum atomic E-state index is -2.19. The van der Waals surface area contributed by atoms with Crippen LogP contribution in [0, 0.1) is 41.4 Å². The van der Waals surface area contributed by atoms with Crippen molar-refractivity contribution < 1.29 is 188 Å². The van der Waals surface area contributed by atoms with E-state index in [1.54, 1.807) is 120 Å². The van der Waals surface area contributed by atoms with Crippen LogP contribution in [0.2, 0.25) is 0 Å². The number of carbonyl (C=O) groups excluding carboxylic acids is 3. The Morgan fingerprint density at radius 2 is 0.627 bits per heavy atom. The van der Waals surface area contributed by atoms with Crippen molar-refractivity contribution >= 4 is 35.8 Å². The molecule has 7 heterocycles. The highest BCUT2D eigenvalue weighted by molar-refractivity contribution is 5.82. The van der Waals surface area contributed by atoms with Gasteiger partial charge in [0.25, 0.3) is 0 Å². The summed E-state index contributed by atoms with van der Waals surface area (Å²) in [4.78, 5) is 73.2. The summed E-state index contributed by atoms with van der Waals surface area (Å²) < 4.78 is 55.6. The molecule has 6 bridgehead atoms. The number of epoxide rings is 1. The van der Waals surface area contributed by atoms with Gasteiger partial charge in [0.2, 0.25) is 0 Å². The molecular weight excluding hydrogens is 1950 g/mol. The summed E-state index contributed by atoms with van der Waals surface area (Å²) in [5, 5.41) is 233. The molecule has 22 N–H and O–H groups in total. The molecule has 0 spiro atoms. The molecule has 0 unspecified atom stereocenters. The summed E-state index contributed by atoms with van der Waals surface area (Å²) in [5.41, 5.74) is 0. The normalized spacial score (nSPS) is 42.7. The van der Waals surface area contributed by atoms with Crippen LogP contribution in [0.25, 0.3) is 0 Å². The molecule has 150 heavy (non-hydrogen) atoms. The zero-order valence-corrected chi connectivity index (χ0v) is 87.5. The zero-order valence-electron chi connectivity index (χ0n) is 87.5. The number of carboxylic acid groups (broad SMARTS) is 3. The summed E-state index contributed by atoms with van der Waals surface area (Å²) >= 11 is 0. The third-order valence-electron chi connectivity index (χ3n) is 27.1. The summed E-state index contributed by atoms with van der Waals surface area (Å²) in [5.74, 6) is -17.5. The molecule has 0 amide bonds. The van der Waals surface area contributed by atoms with Gasteiger partial charge >= 0.3 is 35.8 Å². The van der Waals surface area contributed by atoms with Crippen LogP contribution >= 0.6 is 0 Å². The van der Waals surface area contributed by atoms with E-state index in [2.05, 4.69) is 0 Å². The number of methoxy groups -OCH3 is 3. The Bertz CT molecular complexity index is 4560. The largest absolute Gasteiger partial charge is 0.481 e. The van der Waals surface area contributed by atoms with Crippen molar-refractivity contribution in [2.75, 3.05) is 21.3 Å². The number of hydrogen-bond donors (Lipinski definition) is 22. The van der Waals surface area contributed by atoms with Gasteiger partial charge in [-0.25, -0.2) is 4.79 Å². The molecule has 0 aromatic heterocycles. The first kappa shape index (κ1) is 132. The van der Waals surface area contributed by atoms with E-state index in [-0.39, 0.29) is 114 Å². The summed E-state index contributed by atoms with van der Waals surface area (Å²) in [6.45, 7) is 12.3. The van der Waals surface area contributed by atoms with E-state index in [1.165, 1.54) is 27.4 Å². The second-order valence-corrected chi connectivity index (χ2v) is 40.0. The van der Waals surface area contributed by atoms with Crippen molar-refractivity contribution in [2.24, 2.45) is 41.4 Å². The van der Waals surface area contributed by atoms with E-state index >= 15 is 0 Å². The second kappa shape index (κ2) is 69.1. The number of allylic oxidation sites excluding steroid dienone is 28. The Morgan fingerprint density at radius 3 is 1.01 bits per heavy atom. The van der Waals surface area contributed by atoms with Crippen LogP contribution in [-0.4, -0.2) is 352 Å². The molecule has 4 saturated heterocycles. The van der Waals surface area contributed by atoms with E-state index in [0.29, 0.717) is 6.42 Å². The van der Waals surface area contributed by atoms with Gasteiger partial charge in [0, 0.05) is 128 Å². The van der Waals surface area contributed by atoms with Crippen molar-refractivity contribution in [1.29, 1.82) is 0 Å². The van der Waals surface area contributed by atoms with Crippen molar-refractivity contribution in [3.63, 3.8) is 0 Å². The van der Waals surface area contributed by atoms with Gasteiger partial charge in [0.1, 0.15) is 42.2 Å². The molecule has 844 valence electrons. The molecule has 7 aliphatic heterocycles. The van der Waals surface area contributed by atoms with Gasteiger partial charge in [-0.3, -0.25) is 24.0 Å². The van der Waals surface area contributed by atoms with E-state index in [0.717, 1.165) is 12.8 Å². The lowest BCUT2D eigenvalue weighted by Gasteiger charge is -2.44. The number of esters is 3. The number of hydrogen-bond acceptors (Lipinski definition) is 35. The zero-order chi connectivity index (χ0) is 111. The maximum Gasteiger partial charge on any atom is 0.330 e. The predicted molar refractivity (Wildman–Crippen MR) is 554 cm³/mol. The van der Waals surface area contributed by atoms with Crippen molar-refractivity contribution in [1.82, 2.24) is 0 Å². The smallest absolute Gasteiger partial charge is 0.330 e. The number of carboxylic acids is 3. The number of rotatable bonds is 6. The Balaban J connectivity index is 0.000000403. The third kappa shape index (κ3) is 50.5. The average molecular weight is 2120 g/mol. The molecular formula is C112H168O38. The highest BCUT2D eigenvalue weighted by atomic mass is 16.7. The molecule has 7 aliphatic rings. The topological polar surface area (TPSA) is 643 Å². The lowest BCUT2D eigenvalue weighted by Crippen LogP contribution is -2.56. The lowest BCUT2D eigenvalue weighted by atomic mass is 9.82. The minimum absolute atomic E-state index is 0.0532. The Labute approximate surface area is 879 Å². The Morgan fingerprint density at radius 1 is 0.313 bits per heavy atom. The highest BCUT2D eigenvalue weighted by Gasteiger charge is 2.54. The summed E-state index contributed by atoms with van der Waals surface area (Å²) in [6, 6.07) is 0. The van der Waals surface area contributed by atoms with Gasteiger partial charge in [-0.1, -0.05) is 234 Å². The minimum Gasteiger partial charge on any atom is -0.481 e. The van der Waals surface area contributed by atoms with Crippen LogP contribution < -0.4 is 0 Å². The quantitative estimate of drug-likeness (QED) is 0.0705. The molecule has 7 rings (SSSR count). The number of cyclic esters (lactones) is 3. The predicted octanol–water partition coefficient (Wildman–Crippen LogP) is 7.27. The fourth-order valence-corrected chi connectivity index (χ4v) is 18.2. The maximum absolute atomic E-state index is 12.5. The molecule has 38 nitrogen and oxygen atoms in total. The third-order valence-corrected chi connectivity index (χ3v) is 27.1. The first-order valence-electron chi connectivity index (χ1n) is 51.7. The first-order valence-corrected chi connectivity index (χ1v) is 51.7. The van der Waals surface area contributed by atoms with Crippen LogP contribution in [0.4, 0.5) is 0 Å². The van der Waals surface area contributed by atoms with E-state index < -0.39 is 274 Å². The number of ether oxygens (including phenoxy) is 10. The molecule has 37 atom stereocenters. The number of aliphatic carboxylic acids is 3. The summed E-state index contributed by atoms with van der Waals surface area (Å²) in [6.07, 6.45) is 33.5. The second-order valence-electron chi connectivity index (χ2n) is 40.0. The standard InChI is InChI=1S/C42H64O14.C42H66O14.C28H38O10/c1-27-17-15-13-11-9-7-5-6-8-10-12-14-16-18-33(54-4)24-37-39(41(51)52)36(48)26-42(53,56-37)25-32(45)22-35(47)34(46)20-19-30(43)21-31(44)23-38(49)55-29(3)28(2)40(27)50;1-27-17-15-13-11-9-7-5-6-8-10-12-14-16-18-33(54-4)24-37-39(41(51)52)36(48)26-42(53,56-37)25-35(47)34(46)20-19-30(43)21-31(44)22-32(45)23-38(49)55-29(3)28(2)40(27)50;1-18-10-8-6-4-3-5-7-9-11-20(35-2)15-24-26(27(32)33)21(30)17-28(34,38-24)16-19(29)14-23-22(37-23)12-13-25(31)36-18/h5-18,27-37,39-40,43-48,50,53H,19-26H2,1-4H3,(H,51,52);5-6,8,10-18,27-37,39-40,43-48,50,53H,7,9,19-26H2,1-4H3,(H,51,52);3-9,11-13,18-24,26,29-30,34H,10,14-17H2,1-2H3,(H,32,33)/b6-5+,9-7+,10-8+,13-11+,14-12+,17-15+,18-16+;6-5+,10-8+,13-11+,14-12+,17-15+,18-16+;4-3+,7-5+,8-6+,11-9+,13-12+/t27-,28-,29-,30+,31+,32-,33-,34+,35+,36-,37-,39+,40+,42+;27-,28-,29-,30+,31+,32+,33-,34+,35+,36-,37-,39+,40+,42+;18-,19+,20+,21+,22-,23-,24+,26-,28-/m001/s1. The van der Waals surface area contributed by atoms with Crippen LogP contribution in [-0.2, 0) is 76.1 Å². The van der Waals surface area contributed by atoms with Crippen molar-refractivity contribution in [3.05, 3.63) is 219 Å². The molecule has 0 saturated carbocycles. The average Bonchev–Trinajstić information content (AvgIpc) is 0.868. The molecule has 4 fully saturated rings. The summed E-state index contributed by atoms with van der Waals surface area (Å²) in [7, 11) is 4.32. The van der Waals surface area contributed by atoms with Gasteiger partial charge in [0.15, 0.2) is 17.4 Å². The number of fused-ring (bicyclic) bond motifs is 7. The van der Waals surface area contributed by atoms with E-state index in [9.17, 15) is 141 Å². The molecule has 0 aliphatic carbocycles. The van der Waals surface area contributed by atoms with Gasteiger partial charge in [-0.05, 0) is 84.6 Å². The van der Waals surface area contributed by atoms with Gasteiger partial charge < -0.3 is 160 Å². The lowest BCUT2D eigenvalue weighted by molar-refractivity contribution is -0.303.